The molecule has 1 rings (SSSR count). The minimum absolute atomic E-state index is 0.811. The second-order valence-corrected chi connectivity index (χ2v) is 4.12. The van der Waals surface area contributed by atoms with Crippen LogP contribution in [0.2, 0.25) is 5.02 Å². The highest BCUT2D eigenvalue weighted by Gasteiger charge is 2.02. The van der Waals surface area contributed by atoms with Gasteiger partial charge in [0.1, 0.15) is 0 Å². The van der Waals surface area contributed by atoms with Crippen LogP contribution in [-0.2, 0) is 6.54 Å². The zero-order valence-corrected chi connectivity index (χ0v) is 9.95. The Labute approximate surface area is 92.6 Å². The molecule has 0 fully saturated rings. The number of nitrogens with one attached hydrogen (secondary N) is 1. The second kappa shape index (κ2) is 5.63. The van der Waals surface area contributed by atoms with Crippen molar-refractivity contribution in [1.29, 1.82) is 0 Å². The number of hydrogen-bond acceptors (Lipinski definition) is 1. The Kier molecular flexibility index (Phi) is 4.78. The monoisotopic (exact) mass is 261 g/mol. The van der Waals surface area contributed by atoms with Crippen molar-refractivity contribution in [3.8, 4) is 0 Å². The molecule has 0 saturated heterocycles. The molecule has 1 aromatic carbocycles. The van der Waals surface area contributed by atoms with E-state index < -0.39 is 0 Å². The van der Waals surface area contributed by atoms with Gasteiger partial charge in [-0.3, -0.25) is 0 Å². The van der Waals surface area contributed by atoms with Crippen molar-refractivity contribution >= 4 is 27.5 Å². The van der Waals surface area contributed by atoms with E-state index in [1.807, 2.05) is 18.2 Å². The summed E-state index contributed by atoms with van der Waals surface area (Å²) >= 11 is 9.48. The molecule has 1 aromatic rings. The maximum Gasteiger partial charge on any atom is 0.0592 e. The van der Waals surface area contributed by atoms with Crippen LogP contribution in [0.15, 0.2) is 22.7 Å². The molecule has 0 radical (unpaired) electrons. The number of benzene rings is 1. The maximum atomic E-state index is 6.09. The molecule has 1 N–H and O–H groups in total. The first-order chi connectivity index (χ1) is 6.25. The highest BCUT2D eigenvalue weighted by atomic mass is 79.9. The van der Waals surface area contributed by atoms with Crippen LogP contribution in [0.5, 0.6) is 0 Å². The van der Waals surface area contributed by atoms with Crippen molar-refractivity contribution in [1.82, 2.24) is 5.32 Å². The van der Waals surface area contributed by atoms with Crippen molar-refractivity contribution < 1.29 is 0 Å². The normalized spacial score (nSPS) is 10.4. The fraction of sp³-hybridized carbons (Fsp3) is 0.400. The van der Waals surface area contributed by atoms with Crippen LogP contribution in [0.1, 0.15) is 18.9 Å². The zero-order valence-electron chi connectivity index (χ0n) is 7.61. The fourth-order valence-electron chi connectivity index (χ4n) is 1.08. The predicted octanol–water partition coefficient (Wildman–Crippen LogP) is 3.60. The summed E-state index contributed by atoms with van der Waals surface area (Å²) in [6.45, 7) is 4.02. The molecule has 0 aliphatic rings. The zero-order chi connectivity index (χ0) is 9.68. The molecule has 0 heterocycles. The summed E-state index contributed by atoms with van der Waals surface area (Å²) in [5.41, 5.74) is 1.14. The largest absolute Gasteiger partial charge is 0.313 e. The van der Waals surface area contributed by atoms with Gasteiger partial charge in [-0.2, -0.15) is 0 Å². The molecule has 0 amide bonds. The first kappa shape index (κ1) is 11.0. The molecule has 0 aliphatic carbocycles. The van der Waals surface area contributed by atoms with E-state index in [0.717, 1.165) is 34.6 Å². The lowest BCUT2D eigenvalue weighted by atomic mass is 10.2. The van der Waals surface area contributed by atoms with E-state index in [4.69, 9.17) is 11.6 Å². The summed E-state index contributed by atoms with van der Waals surface area (Å²) in [6, 6.07) is 5.99. The van der Waals surface area contributed by atoms with Crippen LogP contribution in [-0.4, -0.2) is 6.54 Å². The summed E-state index contributed by atoms with van der Waals surface area (Å²) in [4.78, 5) is 0. The minimum Gasteiger partial charge on any atom is -0.313 e. The van der Waals surface area contributed by atoms with Gasteiger partial charge >= 0.3 is 0 Å². The van der Waals surface area contributed by atoms with E-state index in [9.17, 15) is 0 Å². The number of rotatable bonds is 4. The van der Waals surface area contributed by atoms with E-state index >= 15 is 0 Å². The van der Waals surface area contributed by atoms with Gasteiger partial charge in [-0.1, -0.05) is 30.7 Å². The molecule has 0 aliphatic heterocycles. The molecule has 0 aromatic heterocycles. The van der Waals surface area contributed by atoms with E-state index in [1.54, 1.807) is 0 Å². The van der Waals surface area contributed by atoms with Crippen LogP contribution in [0.25, 0.3) is 0 Å². The third kappa shape index (κ3) is 3.29. The quantitative estimate of drug-likeness (QED) is 0.818. The lowest BCUT2D eigenvalue weighted by Crippen LogP contribution is -2.13. The van der Waals surface area contributed by atoms with Crippen LogP contribution in [0.4, 0.5) is 0 Å². The van der Waals surface area contributed by atoms with Gasteiger partial charge in [-0.25, -0.2) is 0 Å². The predicted molar refractivity (Wildman–Crippen MR) is 61.1 cm³/mol. The molecule has 13 heavy (non-hydrogen) atoms. The van der Waals surface area contributed by atoms with Crippen LogP contribution >= 0.6 is 27.5 Å². The summed E-state index contributed by atoms with van der Waals surface area (Å²) in [7, 11) is 0. The topological polar surface area (TPSA) is 12.0 Å². The molecular formula is C10H13BrClN. The number of halogens is 2. The SMILES string of the molecule is CCCNCc1cccc(Br)c1Cl. The lowest BCUT2D eigenvalue weighted by Gasteiger charge is -2.06. The Balaban J connectivity index is 2.61. The van der Waals surface area contributed by atoms with E-state index in [1.165, 1.54) is 0 Å². The van der Waals surface area contributed by atoms with Gasteiger partial charge in [-0.05, 0) is 40.5 Å². The van der Waals surface area contributed by atoms with Gasteiger partial charge in [0.2, 0.25) is 0 Å². The summed E-state index contributed by atoms with van der Waals surface area (Å²) in [6.07, 6.45) is 1.14. The molecule has 0 atom stereocenters. The van der Waals surface area contributed by atoms with Crippen molar-refractivity contribution in [2.24, 2.45) is 0 Å². The molecule has 0 bridgehead atoms. The average molecular weight is 263 g/mol. The molecule has 72 valence electrons. The van der Waals surface area contributed by atoms with Crippen molar-refractivity contribution in [2.75, 3.05) is 6.54 Å². The van der Waals surface area contributed by atoms with Gasteiger partial charge in [0.05, 0.1) is 5.02 Å². The first-order valence-corrected chi connectivity index (χ1v) is 5.56. The maximum absolute atomic E-state index is 6.09. The van der Waals surface area contributed by atoms with E-state index in [0.29, 0.717) is 0 Å². The Morgan fingerprint density at radius 3 is 2.92 bits per heavy atom. The highest BCUT2D eigenvalue weighted by molar-refractivity contribution is 9.10. The summed E-state index contributed by atoms with van der Waals surface area (Å²) < 4.78 is 0.963. The van der Waals surface area contributed by atoms with Gasteiger partial charge < -0.3 is 5.32 Å². The van der Waals surface area contributed by atoms with Crippen LogP contribution in [0, 0.1) is 0 Å². The highest BCUT2D eigenvalue weighted by Crippen LogP contribution is 2.25. The molecular weight excluding hydrogens is 249 g/mol. The van der Waals surface area contributed by atoms with Crippen molar-refractivity contribution in [3.05, 3.63) is 33.3 Å². The first-order valence-electron chi connectivity index (χ1n) is 4.39. The van der Waals surface area contributed by atoms with Crippen LogP contribution in [0.3, 0.4) is 0 Å². The molecule has 1 nitrogen and oxygen atoms in total. The number of hydrogen-bond donors (Lipinski definition) is 1. The standard InChI is InChI=1S/C10H13BrClN/c1-2-6-13-7-8-4-3-5-9(11)10(8)12/h3-5,13H,2,6-7H2,1H3. The molecule has 3 heteroatoms. The van der Waals surface area contributed by atoms with Crippen molar-refractivity contribution in [2.45, 2.75) is 19.9 Å². The summed E-state index contributed by atoms with van der Waals surface area (Å²) in [5.74, 6) is 0. The third-order valence-corrected chi connectivity index (χ3v) is 3.11. The van der Waals surface area contributed by atoms with Crippen molar-refractivity contribution in [3.63, 3.8) is 0 Å². The van der Waals surface area contributed by atoms with Gasteiger partial charge in [0.25, 0.3) is 0 Å². The average Bonchev–Trinajstić information content (AvgIpc) is 2.13. The van der Waals surface area contributed by atoms with Gasteiger partial charge in [0, 0.05) is 11.0 Å². The second-order valence-electron chi connectivity index (χ2n) is 2.89. The Morgan fingerprint density at radius 1 is 1.46 bits per heavy atom. The van der Waals surface area contributed by atoms with Gasteiger partial charge in [0.15, 0.2) is 0 Å². The van der Waals surface area contributed by atoms with Gasteiger partial charge in [-0.15, -0.1) is 0 Å². The Bertz CT molecular complexity index is 276. The minimum atomic E-state index is 0.811. The molecule has 0 unspecified atom stereocenters. The molecule has 0 spiro atoms. The fourth-order valence-corrected chi connectivity index (χ4v) is 1.68. The van der Waals surface area contributed by atoms with E-state index in [2.05, 4.69) is 28.2 Å². The summed E-state index contributed by atoms with van der Waals surface area (Å²) in [5, 5.41) is 4.13. The van der Waals surface area contributed by atoms with E-state index in [-0.39, 0.29) is 0 Å². The molecule has 0 saturated carbocycles. The van der Waals surface area contributed by atoms with Crippen LogP contribution < -0.4 is 5.32 Å². The lowest BCUT2D eigenvalue weighted by molar-refractivity contribution is 0.675. The Morgan fingerprint density at radius 2 is 2.23 bits per heavy atom. The smallest absolute Gasteiger partial charge is 0.0592 e. The third-order valence-electron chi connectivity index (χ3n) is 1.77. The Hall–Kier alpha value is -0.0500.